The van der Waals surface area contributed by atoms with Crippen molar-refractivity contribution in [2.45, 2.75) is 33.8 Å². The Kier molecular flexibility index (Phi) is 10.9. The average Bonchev–Trinajstić information content (AvgIpc) is 2.59. The van der Waals surface area contributed by atoms with Crippen LogP contribution in [0.3, 0.4) is 0 Å². The first-order valence-corrected chi connectivity index (χ1v) is 7.66. The standard InChI is InChI=1S/C11H15N3O4.2C2H6/c1-17-8-10-7-13(4-5-18-10)9-2-3-11(12-6-9)14(15)16;2*1-2/h2-3,6,10H,4-5,7-8H2,1H3;2*1-2H3. The largest absolute Gasteiger partial charge is 0.382 e. The van der Waals surface area contributed by atoms with Crippen molar-refractivity contribution in [3.63, 3.8) is 0 Å². The quantitative estimate of drug-likeness (QED) is 0.628. The molecule has 1 saturated heterocycles. The molecular formula is C15H27N3O4. The molecule has 1 aliphatic heterocycles. The van der Waals surface area contributed by atoms with Gasteiger partial charge in [0.05, 0.1) is 25.0 Å². The molecule has 126 valence electrons. The Hall–Kier alpha value is -1.73. The molecule has 0 amide bonds. The second-order valence-electron chi connectivity index (χ2n) is 4.03. The Balaban J connectivity index is 0.00000102. The molecule has 0 aromatic carbocycles. The van der Waals surface area contributed by atoms with Crippen LogP contribution in [0.1, 0.15) is 27.7 Å². The number of methoxy groups -OCH3 is 1. The van der Waals surface area contributed by atoms with Crippen molar-refractivity contribution in [2.75, 3.05) is 38.3 Å². The third-order valence-electron chi connectivity index (χ3n) is 2.78. The zero-order valence-electron chi connectivity index (χ0n) is 14.1. The lowest BCUT2D eigenvalue weighted by Crippen LogP contribution is -2.44. The predicted molar refractivity (Wildman–Crippen MR) is 87.4 cm³/mol. The van der Waals surface area contributed by atoms with E-state index in [4.69, 9.17) is 9.47 Å². The molecule has 0 radical (unpaired) electrons. The Morgan fingerprint density at radius 1 is 1.41 bits per heavy atom. The van der Waals surface area contributed by atoms with Crippen molar-refractivity contribution in [3.8, 4) is 0 Å². The summed E-state index contributed by atoms with van der Waals surface area (Å²) in [5.41, 5.74) is 0.866. The number of nitro groups is 1. The van der Waals surface area contributed by atoms with E-state index in [-0.39, 0.29) is 11.9 Å². The molecule has 1 aliphatic rings. The smallest absolute Gasteiger partial charge is 0.363 e. The number of hydrogen-bond donors (Lipinski definition) is 0. The molecule has 7 nitrogen and oxygen atoms in total. The van der Waals surface area contributed by atoms with Gasteiger partial charge in [-0.25, -0.2) is 0 Å². The van der Waals surface area contributed by atoms with Gasteiger partial charge in [-0.05, 0) is 16.0 Å². The lowest BCUT2D eigenvalue weighted by molar-refractivity contribution is -0.389. The fourth-order valence-electron chi connectivity index (χ4n) is 1.91. The van der Waals surface area contributed by atoms with Gasteiger partial charge in [0.15, 0.2) is 6.20 Å². The van der Waals surface area contributed by atoms with Crippen molar-refractivity contribution in [2.24, 2.45) is 0 Å². The predicted octanol–water partition coefficient (Wildman–Crippen LogP) is 2.89. The lowest BCUT2D eigenvalue weighted by atomic mass is 10.2. The summed E-state index contributed by atoms with van der Waals surface area (Å²) in [5, 5.41) is 10.5. The van der Waals surface area contributed by atoms with Gasteiger partial charge in [-0.15, -0.1) is 0 Å². The highest BCUT2D eigenvalue weighted by Crippen LogP contribution is 2.19. The van der Waals surface area contributed by atoms with Crippen LogP contribution in [0.25, 0.3) is 0 Å². The van der Waals surface area contributed by atoms with Crippen LogP contribution in [0.15, 0.2) is 18.3 Å². The van der Waals surface area contributed by atoms with Crippen LogP contribution >= 0.6 is 0 Å². The number of aromatic nitrogens is 1. The molecule has 7 heteroatoms. The van der Waals surface area contributed by atoms with E-state index in [0.717, 1.165) is 12.2 Å². The van der Waals surface area contributed by atoms with E-state index in [1.54, 1.807) is 13.2 Å². The van der Waals surface area contributed by atoms with E-state index in [0.29, 0.717) is 19.8 Å². The second-order valence-corrected chi connectivity index (χ2v) is 4.03. The third-order valence-corrected chi connectivity index (χ3v) is 2.78. The highest BCUT2D eigenvalue weighted by Gasteiger charge is 2.21. The Morgan fingerprint density at radius 3 is 2.59 bits per heavy atom. The minimum absolute atomic E-state index is 0.0268. The van der Waals surface area contributed by atoms with Crippen LogP contribution in [0.5, 0.6) is 0 Å². The number of rotatable bonds is 4. The molecule has 1 fully saturated rings. The third kappa shape index (κ3) is 6.36. The van der Waals surface area contributed by atoms with Gasteiger partial charge in [0.1, 0.15) is 0 Å². The van der Waals surface area contributed by atoms with Gasteiger partial charge in [0, 0.05) is 26.3 Å². The van der Waals surface area contributed by atoms with Crippen LogP contribution in [-0.2, 0) is 9.47 Å². The summed E-state index contributed by atoms with van der Waals surface area (Å²) in [6.45, 7) is 10.6. The number of nitrogens with zero attached hydrogens (tertiary/aromatic N) is 3. The summed E-state index contributed by atoms with van der Waals surface area (Å²) < 4.78 is 10.6. The summed E-state index contributed by atoms with van der Waals surface area (Å²) in [6, 6.07) is 3.12. The summed E-state index contributed by atoms with van der Waals surface area (Å²) >= 11 is 0. The zero-order chi connectivity index (χ0) is 17.0. The van der Waals surface area contributed by atoms with Crippen LogP contribution < -0.4 is 4.90 Å². The van der Waals surface area contributed by atoms with Crippen molar-refractivity contribution < 1.29 is 14.4 Å². The summed E-state index contributed by atoms with van der Waals surface area (Å²) in [5.74, 6) is -0.138. The fourth-order valence-corrected chi connectivity index (χ4v) is 1.91. The molecule has 2 rings (SSSR count). The normalized spacial score (nSPS) is 16.8. The average molecular weight is 313 g/mol. The van der Waals surface area contributed by atoms with E-state index in [1.807, 2.05) is 27.7 Å². The van der Waals surface area contributed by atoms with Gasteiger partial charge < -0.3 is 24.5 Å². The van der Waals surface area contributed by atoms with Gasteiger partial charge in [0.2, 0.25) is 0 Å². The van der Waals surface area contributed by atoms with Gasteiger partial charge in [-0.2, -0.15) is 0 Å². The highest BCUT2D eigenvalue weighted by atomic mass is 16.6. The van der Waals surface area contributed by atoms with Crippen LogP contribution in [0, 0.1) is 10.1 Å². The molecule has 1 atom stereocenters. The van der Waals surface area contributed by atoms with Crippen LogP contribution in [0.2, 0.25) is 0 Å². The maximum atomic E-state index is 10.5. The molecule has 1 aromatic heterocycles. The molecule has 0 spiro atoms. The SMILES string of the molecule is CC.CC.COCC1CN(c2ccc([N+](=O)[O-])nc2)CCO1. The van der Waals surface area contributed by atoms with E-state index >= 15 is 0 Å². The number of anilines is 1. The van der Waals surface area contributed by atoms with Gasteiger partial charge >= 0.3 is 5.82 Å². The number of pyridine rings is 1. The van der Waals surface area contributed by atoms with Crippen molar-refractivity contribution in [1.82, 2.24) is 4.98 Å². The van der Waals surface area contributed by atoms with Gasteiger partial charge in [-0.3, -0.25) is 0 Å². The Morgan fingerprint density at radius 2 is 2.09 bits per heavy atom. The number of morpholine rings is 1. The molecule has 0 aliphatic carbocycles. The summed E-state index contributed by atoms with van der Waals surface area (Å²) in [4.78, 5) is 15.9. The molecule has 0 bridgehead atoms. The van der Waals surface area contributed by atoms with Gasteiger partial charge in [0.25, 0.3) is 0 Å². The topological polar surface area (TPSA) is 77.7 Å². The van der Waals surface area contributed by atoms with E-state index in [2.05, 4.69) is 9.88 Å². The molecule has 0 N–H and O–H groups in total. The van der Waals surface area contributed by atoms with Gasteiger partial charge in [-0.1, -0.05) is 27.7 Å². The molecule has 2 heterocycles. The lowest BCUT2D eigenvalue weighted by Gasteiger charge is -2.33. The van der Waals surface area contributed by atoms with E-state index < -0.39 is 4.92 Å². The Bertz CT molecular complexity index is 410. The molecular weight excluding hydrogens is 286 g/mol. The summed E-state index contributed by atoms with van der Waals surface area (Å²) in [7, 11) is 1.63. The maximum Gasteiger partial charge on any atom is 0.363 e. The zero-order valence-corrected chi connectivity index (χ0v) is 14.1. The van der Waals surface area contributed by atoms with Crippen molar-refractivity contribution >= 4 is 11.5 Å². The molecule has 22 heavy (non-hydrogen) atoms. The minimum Gasteiger partial charge on any atom is -0.382 e. The highest BCUT2D eigenvalue weighted by molar-refractivity contribution is 5.46. The maximum absolute atomic E-state index is 10.5. The molecule has 1 aromatic rings. The summed E-state index contributed by atoms with van der Waals surface area (Å²) in [6.07, 6.45) is 1.55. The first-order valence-electron chi connectivity index (χ1n) is 7.66. The first-order chi connectivity index (χ1) is 10.7. The molecule has 1 unspecified atom stereocenters. The van der Waals surface area contributed by atoms with E-state index in [1.165, 1.54) is 12.3 Å². The fraction of sp³-hybridized carbons (Fsp3) is 0.667. The second kappa shape index (κ2) is 11.9. The van der Waals surface area contributed by atoms with Crippen LogP contribution in [-0.4, -0.2) is 49.4 Å². The Labute approximate surface area is 132 Å². The monoisotopic (exact) mass is 313 g/mol. The first kappa shape index (κ1) is 20.3. The molecule has 0 saturated carbocycles. The number of hydrogen-bond acceptors (Lipinski definition) is 6. The van der Waals surface area contributed by atoms with Crippen molar-refractivity contribution in [3.05, 3.63) is 28.4 Å². The van der Waals surface area contributed by atoms with E-state index in [9.17, 15) is 10.1 Å². The minimum atomic E-state index is -0.503. The van der Waals surface area contributed by atoms with Crippen molar-refractivity contribution in [1.29, 1.82) is 0 Å². The number of ether oxygens (including phenoxy) is 2. The van der Waals surface area contributed by atoms with Crippen LogP contribution in [0.4, 0.5) is 11.5 Å².